The summed E-state index contributed by atoms with van der Waals surface area (Å²) >= 11 is 0. The third-order valence-corrected chi connectivity index (χ3v) is 3.47. The van der Waals surface area contributed by atoms with Crippen LogP contribution in [-0.4, -0.2) is 37.1 Å². The predicted octanol–water partition coefficient (Wildman–Crippen LogP) is 2.29. The normalized spacial score (nSPS) is 19.4. The predicted molar refractivity (Wildman–Crippen MR) is 73.6 cm³/mol. The van der Waals surface area contributed by atoms with Crippen LogP contribution in [0.2, 0.25) is 0 Å². The van der Waals surface area contributed by atoms with Crippen molar-refractivity contribution in [2.75, 3.05) is 31.5 Å². The van der Waals surface area contributed by atoms with E-state index in [2.05, 4.69) is 22.5 Å². The highest BCUT2D eigenvalue weighted by atomic mass is 19.1. The van der Waals surface area contributed by atoms with E-state index in [4.69, 9.17) is 0 Å². The van der Waals surface area contributed by atoms with Gasteiger partial charge in [0.25, 0.3) is 0 Å². The van der Waals surface area contributed by atoms with E-state index in [1.807, 2.05) is 0 Å². The first-order chi connectivity index (χ1) is 9.17. The number of anilines is 1. The summed E-state index contributed by atoms with van der Waals surface area (Å²) in [6, 6.07) is 5.51. The number of rotatable bonds is 4. The number of hydrogen-bond acceptors (Lipinski definition) is 2. The van der Waals surface area contributed by atoms with Crippen molar-refractivity contribution in [1.82, 2.24) is 10.2 Å². The molecule has 0 radical (unpaired) electrons. The summed E-state index contributed by atoms with van der Waals surface area (Å²) in [5.41, 5.74) is 0.598. The third-order valence-electron chi connectivity index (χ3n) is 3.47. The third kappa shape index (κ3) is 4.21. The van der Waals surface area contributed by atoms with Crippen LogP contribution in [0.15, 0.2) is 24.3 Å². The maximum atomic E-state index is 12.7. The number of carbonyl (C=O) groups excluding carboxylic acids is 1. The first kappa shape index (κ1) is 13.8. The minimum atomic E-state index is -0.309. The van der Waals surface area contributed by atoms with Crippen LogP contribution in [0.4, 0.5) is 14.9 Å². The summed E-state index contributed by atoms with van der Waals surface area (Å²) in [6.07, 6.45) is 1.13. The molecule has 0 spiro atoms. The topological polar surface area (TPSA) is 44.4 Å². The molecule has 2 N–H and O–H groups in total. The highest BCUT2D eigenvalue weighted by molar-refractivity contribution is 5.89. The van der Waals surface area contributed by atoms with Crippen LogP contribution < -0.4 is 10.6 Å². The number of nitrogens with one attached hydrogen (secondary N) is 2. The number of amides is 2. The van der Waals surface area contributed by atoms with Crippen molar-refractivity contribution in [3.05, 3.63) is 30.1 Å². The molecule has 0 aromatic heterocycles. The molecule has 4 nitrogen and oxygen atoms in total. The lowest BCUT2D eigenvalue weighted by Gasteiger charge is -2.14. The van der Waals surface area contributed by atoms with Crippen molar-refractivity contribution in [3.8, 4) is 0 Å². The average molecular weight is 265 g/mol. The Bertz CT molecular complexity index is 421. The van der Waals surface area contributed by atoms with Crippen LogP contribution in [0.25, 0.3) is 0 Å². The molecule has 104 valence electrons. The molecular weight excluding hydrogens is 245 g/mol. The molecule has 0 saturated carbocycles. The van der Waals surface area contributed by atoms with Gasteiger partial charge in [0.2, 0.25) is 0 Å². The Hall–Kier alpha value is -1.62. The van der Waals surface area contributed by atoms with Gasteiger partial charge in [0.1, 0.15) is 5.82 Å². The van der Waals surface area contributed by atoms with Crippen molar-refractivity contribution in [1.29, 1.82) is 0 Å². The fraction of sp³-hybridized carbons (Fsp3) is 0.500. The first-order valence-corrected chi connectivity index (χ1v) is 6.70. The number of likely N-dealkylation sites (tertiary alicyclic amines) is 1. The molecule has 1 aliphatic heterocycles. The van der Waals surface area contributed by atoms with Gasteiger partial charge in [-0.05, 0) is 49.7 Å². The highest BCUT2D eigenvalue weighted by Crippen LogP contribution is 2.14. The van der Waals surface area contributed by atoms with E-state index in [0.717, 1.165) is 26.1 Å². The number of halogens is 1. The molecule has 0 unspecified atom stereocenters. The van der Waals surface area contributed by atoms with Gasteiger partial charge >= 0.3 is 6.03 Å². The van der Waals surface area contributed by atoms with E-state index >= 15 is 0 Å². The zero-order valence-corrected chi connectivity index (χ0v) is 11.2. The van der Waals surface area contributed by atoms with Gasteiger partial charge in [-0.2, -0.15) is 0 Å². The zero-order chi connectivity index (χ0) is 13.7. The maximum Gasteiger partial charge on any atom is 0.319 e. The summed E-state index contributed by atoms with van der Waals surface area (Å²) in [7, 11) is 0. The molecule has 1 aliphatic rings. The fourth-order valence-corrected chi connectivity index (χ4v) is 2.31. The molecule has 1 saturated heterocycles. The largest absolute Gasteiger partial charge is 0.338 e. The van der Waals surface area contributed by atoms with E-state index < -0.39 is 0 Å². The number of urea groups is 1. The Morgan fingerprint density at radius 2 is 2.16 bits per heavy atom. The first-order valence-electron chi connectivity index (χ1n) is 6.70. The Morgan fingerprint density at radius 3 is 2.79 bits per heavy atom. The zero-order valence-electron chi connectivity index (χ0n) is 11.2. The van der Waals surface area contributed by atoms with E-state index in [9.17, 15) is 9.18 Å². The molecule has 2 rings (SSSR count). The summed E-state index contributed by atoms with van der Waals surface area (Å²) in [6.45, 7) is 6.06. The Morgan fingerprint density at radius 1 is 1.42 bits per heavy atom. The fourth-order valence-electron chi connectivity index (χ4n) is 2.31. The van der Waals surface area contributed by atoms with Crippen LogP contribution in [0.1, 0.15) is 13.3 Å². The van der Waals surface area contributed by atoms with Gasteiger partial charge in [-0.15, -0.1) is 0 Å². The molecule has 19 heavy (non-hydrogen) atoms. The lowest BCUT2D eigenvalue weighted by Crippen LogP contribution is -2.34. The second-order valence-corrected chi connectivity index (χ2v) is 4.89. The van der Waals surface area contributed by atoms with Gasteiger partial charge in [-0.25, -0.2) is 9.18 Å². The van der Waals surface area contributed by atoms with Crippen molar-refractivity contribution in [2.24, 2.45) is 5.92 Å². The van der Waals surface area contributed by atoms with Crippen molar-refractivity contribution in [2.45, 2.75) is 13.3 Å². The standard InChI is InChI=1S/C14H20FN3O/c1-2-18-8-7-11(10-18)9-16-14(19)17-13-5-3-12(15)4-6-13/h3-6,11H,2,7-10H2,1H3,(H2,16,17,19)/t11-/m0/s1. The Labute approximate surface area is 113 Å². The lowest BCUT2D eigenvalue weighted by atomic mass is 10.1. The number of carbonyl (C=O) groups is 1. The van der Waals surface area contributed by atoms with Crippen LogP contribution in [0.5, 0.6) is 0 Å². The van der Waals surface area contributed by atoms with Crippen molar-refractivity contribution < 1.29 is 9.18 Å². The minimum Gasteiger partial charge on any atom is -0.338 e. The molecule has 5 heteroatoms. The molecular formula is C14H20FN3O. The van der Waals surface area contributed by atoms with E-state index in [1.54, 1.807) is 12.1 Å². The summed E-state index contributed by atoms with van der Waals surface area (Å²) in [5.74, 6) is 0.218. The molecule has 1 aromatic carbocycles. The molecule has 2 amide bonds. The molecule has 0 aliphatic carbocycles. The van der Waals surface area contributed by atoms with Crippen molar-refractivity contribution in [3.63, 3.8) is 0 Å². The van der Waals surface area contributed by atoms with E-state index in [0.29, 0.717) is 18.2 Å². The highest BCUT2D eigenvalue weighted by Gasteiger charge is 2.21. The SMILES string of the molecule is CCN1CC[C@@H](CNC(=O)Nc2ccc(F)cc2)C1. The maximum absolute atomic E-state index is 12.7. The second-order valence-electron chi connectivity index (χ2n) is 4.89. The van der Waals surface area contributed by atoms with Gasteiger partial charge in [0.05, 0.1) is 0 Å². The molecule has 1 heterocycles. The summed E-state index contributed by atoms with van der Waals surface area (Å²) in [5, 5.41) is 5.55. The second kappa shape index (κ2) is 6.52. The monoisotopic (exact) mass is 265 g/mol. The number of hydrogen-bond donors (Lipinski definition) is 2. The van der Waals surface area contributed by atoms with Crippen LogP contribution in [0, 0.1) is 11.7 Å². The number of nitrogens with zero attached hydrogens (tertiary/aromatic N) is 1. The summed E-state index contributed by atoms with van der Waals surface area (Å²) < 4.78 is 12.7. The number of benzene rings is 1. The minimum absolute atomic E-state index is 0.235. The average Bonchev–Trinajstić information content (AvgIpc) is 2.87. The quantitative estimate of drug-likeness (QED) is 0.877. The molecule has 0 bridgehead atoms. The van der Waals surface area contributed by atoms with E-state index in [1.165, 1.54) is 12.1 Å². The smallest absolute Gasteiger partial charge is 0.319 e. The van der Waals surface area contributed by atoms with E-state index in [-0.39, 0.29) is 11.8 Å². The molecule has 1 atom stereocenters. The van der Waals surface area contributed by atoms with Crippen LogP contribution in [-0.2, 0) is 0 Å². The van der Waals surface area contributed by atoms with Gasteiger partial charge in [0.15, 0.2) is 0 Å². The molecule has 1 aromatic rings. The van der Waals surface area contributed by atoms with Gasteiger partial charge in [-0.1, -0.05) is 6.92 Å². The molecule has 1 fully saturated rings. The summed E-state index contributed by atoms with van der Waals surface area (Å²) in [4.78, 5) is 14.1. The lowest BCUT2D eigenvalue weighted by molar-refractivity contribution is 0.250. The van der Waals surface area contributed by atoms with Gasteiger partial charge in [0, 0.05) is 18.8 Å². The van der Waals surface area contributed by atoms with Crippen molar-refractivity contribution >= 4 is 11.7 Å². The van der Waals surface area contributed by atoms with Gasteiger partial charge in [-0.3, -0.25) is 0 Å². The Balaban J connectivity index is 1.71. The van der Waals surface area contributed by atoms with Gasteiger partial charge < -0.3 is 15.5 Å². The Kier molecular flexibility index (Phi) is 4.74. The van der Waals surface area contributed by atoms with Crippen LogP contribution in [0.3, 0.4) is 0 Å². The van der Waals surface area contributed by atoms with Crippen LogP contribution >= 0.6 is 0 Å².